The SMILES string of the molecule is CO[C@@]12C(COC(N)=O)C3=C(C(=O)C=C(OC(=NC4CCCCC4)NC4CCCCC4)C3=O)N1CC1NC12. The van der Waals surface area contributed by atoms with Crippen LogP contribution in [0.2, 0.25) is 0 Å². The molecule has 2 saturated heterocycles. The maximum absolute atomic E-state index is 14.0. The van der Waals surface area contributed by atoms with Crippen LogP contribution < -0.4 is 16.4 Å². The number of carbonyl (C=O) groups excluding carboxylic acids is 3. The van der Waals surface area contributed by atoms with Crippen LogP contribution in [0.25, 0.3) is 0 Å². The van der Waals surface area contributed by atoms with Gasteiger partial charge in [-0.05, 0) is 25.7 Å². The zero-order valence-corrected chi connectivity index (χ0v) is 21.9. The van der Waals surface area contributed by atoms with Crippen molar-refractivity contribution in [2.75, 3.05) is 20.3 Å². The van der Waals surface area contributed by atoms with Crippen molar-refractivity contribution < 1.29 is 28.6 Å². The lowest BCUT2D eigenvalue weighted by Crippen LogP contribution is -2.55. The first-order valence-electron chi connectivity index (χ1n) is 14.0. The molecule has 6 rings (SSSR count). The molecule has 2 saturated carbocycles. The number of hydrogen-bond acceptors (Lipinski definition) is 9. The van der Waals surface area contributed by atoms with Crippen molar-refractivity contribution in [2.24, 2.45) is 16.6 Å². The van der Waals surface area contributed by atoms with E-state index in [9.17, 15) is 14.4 Å². The Kier molecular flexibility index (Phi) is 6.67. The molecule has 3 heterocycles. The van der Waals surface area contributed by atoms with Crippen molar-refractivity contribution in [3.63, 3.8) is 0 Å². The van der Waals surface area contributed by atoms with E-state index in [4.69, 9.17) is 24.9 Å². The number of nitrogens with zero attached hydrogens (tertiary/aromatic N) is 2. The molecule has 3 unspecified atom stereocenters. The summed E-state index contributed by atoms with van der Waals surface area (Å²) in [5, 5.41) is 6.80. The molecule has 206 valence electrons. The Morgan fingerprint density at radius 1 is 1.16 bits per heavy atom. The van der Waals surface area contributed by atoms with Gasteiger partial charge in [0.05, 0.1) is 23.7 Å². The van der Waals surface area contributed by atoms with E-state index in [1.165, 1.54) is 18.9 Å². The molecule has 38 heavy (non-hydrogen) atoms. The number of methoxy groups -OCH3 is 1. The van der Waals surface area contributed by atoms with E-state index in [1.807, 2.05) is 4.90 Å². The van der Waals surface area contributed by atoms with Gasteiger partial charge in [-0.25, -0.2) is 9.79 Å². The Bertz CT molecular complexity index is 1110. The average molecular weight is 528 g/mol. The highest BCUT2D eigenvalue weighted by atomic mass is 16.6. The Hall–Kier alpha value is -2.92. The Morgan fingerprint density at radius 3 is 2.55 bits per heavy atom. The average Bonchev–Trinajstić information content (AvgIpc) is 3.52. The summed E-state index contributed by atoms with van der Waals surface area (Å²) in [5.74, 6) is -1.51. The van der Waals surface area contributed by atoms with Crippen LogP contribution in [-0.4, -0.2) is 78.7 Å². The minimum Gasteiger partial charge on any atom is -0.449 e. The molecule has 3 aliphatic heterocycles. The zero-order chi connectivity index (χ0) is 26.4. The third-order valence-corrected chi connectivity index (χ3v) is 9.00. The number of piperazine rings is 1. The van der Waals surface area contributed by atoms with Crippen LogP contribution in [0.15, 0.2) is 28.1 Å². The quantitative estimate of drug-likeness (QED) is 0.202. The first-order chi connectivity index (χ1) is 18.4. The number of primary amides is 1. The smallest absolute Gasteiger partial charge is 0.404 e. The van der Waals surface area contributed by atoms with Crippen LogP contribution in [0.4, 0.5) is 4.79 Å². The molecule has 4 N–H and O–H groups in total. The second-order valence-electron chi connectivity index (χ2n) is 11.3. The molecular formula is C27H37N5O6. The first-order valence-corrected chi connectivity index (χ1v) is 14.0. The van der Waals surface area contributed by atoms with Crippen LogP contribution in [0.5, 0.6) is 0 Å². The molecule has 0 aromatic rings. The zero-order valence-electron chi connectivity index (χ0n) is 21.9. The Labute approximate surface area is 222 Å². The lowest BCUT2D eigenvalue weighted by molar-refractivity contribution is -0.137. The Morgan fingerprint density at radius 2 is 1.87 bits per heavy atom. The summed E-state index contributed by atoms with van der Waals surface area (Å²) in [4.78, 5) is 45.8. The van der Waals surface area contributed by atoms with Crippen molar-refractivity contribution in [2.45, 2.75) is 94.1 Å². The van der Waals surface area contributed by atoms with Gasteiger partial charge in [0, 0.05) is 37.4 Å². The van der Waals surface area contributed by atoms with Gasteiger partial charge in [-0.1, -0.05) is 38.5 Å². The lowest BCUT2D eigenvalue weighted by atomic mass is 9.84. The minimum absolute atomic E-state index is 0.0663. The van der Waals surface area contributed by atoms with Gasteiger partial charge in [0.2, 0.25) is 11.6 Å². The first kappa shape index (κ1) is 25.4. The van der Waals surface area contributed by atoms with E-state index < -0.39 is 23.5 Å². The van der Waals surface area contributed by atoms with Gasteiger partial charge >= 0.3 is 6.09 Å². The summed E-state index contributed by atoms with van der Waals surface area (Å²) in [6.45, 7) is 0.337. The molecule has 6 aliphatic rings. The summed E-state index contributed by atoms with van der Waals surface area (Å²) >= 11 is 0. The van der Waals surface area contributed by atoms with Gasteiger partial charge in [-0.3, -0.25) is 9.59 Å². The Balaban J connectivity index is 1.29. The molecule has 1 amide bonds. The second kappa shape index (κ2) is 10.00. The monoisotopic (exact) mass is 527 g/mol. The van der Waals surface area contributed by atoms with Gasteiger partial charge in [0.1, 0.15) is 6.61 Å². The van der Waals surface area contributed by atoms with Gasteiger partial charge in [0.25, 0.3) is 6.02 Å². The summed E-state index contributed by atoms with van der Waals surface area (Å²) in [6.07, 6.45) is 11.2. The molecule has 11 heteroatoms. The van der Waals surface area contributed by atoms with Crippen LogP contribution in [-0.2, 0) is 23.8 Å². The van der Waals surface area contributed by atoms with Gasteiger partial charge in [0.15, 0.2) is 11.5 Å². The number of fused-ring (bicyclic) bond motifs is 4. The number of Topliss-reactive ketones (excluding diaryl/α,β-unsaturated/α-hetero) is 1. The standard InChI is InChI=1S/C27H37N5O6/c1-36-27-17(14-37-25(28)35)21-22(32(27)13-18-24(27)31-18)19(33)12-20(23(21)34)38-26(29-15-8-4-2-5-9-15)30-16-10-6-3-7-11-16/h12,15-18,24,31H,2-11,13-14H2,1H3,(H2,28,35)(H,29,30)/t17?,18?,24?,27-/m1/s1. The summed E-state index contributed by atoms with van der Waals surface area (Å²) in [6, 6.07) is 0.704. The van der Waals surface area contributed by atoms with Crippen molar-refractivity contribution in [3.05, 3.63) is 23.1 Å². The van der Waals surface area contributed by atoms with Crippen molar-refractivity contribution in [1.29, 1.82) is 0 Å². The highest BCUT2D eigenvalue weighted by Crippen LogP contribution is 2.55. The van der Waals surface area contributed by atoms with Crippen LogP contribution >= 0.6 is 0 Å². The van der Waals surface area contributed by atoms with Crippen LogP contribution in [0.1, 0.15) is 64.2 Å². The van der Waals surface area contributed by atoms with Crippen LogP contribution in [0.3, 0.4) is 0 Å². The third kappa shape index (κ3) is 4.29. The van der Waals surface area contributed by atoms with Gasteiger partial charge in [-0.2, -0.15) is 0 Å². The highest BCUT2D eigenvalue weighted by Gasteiger charge is 2.72. The summed E-state index contributed by atoms with van der Waals surface area (Å²) in [5.41, 5.74) is 4.81. The number of rotatable bonds is 6. The highest BCUT2D eigenvalue weighted by molar-refractivity contribution is 6.23. The molecule has 11 nitrogen and oxygen atoms in total. The topological polar surface area (TPSA) is 154 Å². The number of ether oxygens (including phenoxy) is 3. The predicted molar refractivity (Wildman–Crippen MR) is 137 cm³/mol. The fraction of sp³-hybridized carbons (Fsp3) is 0.704. The number of nitrogens with one attached hydrogen (secondary N) is 2. The van der Waals surface area contributed by atoms with E-state index >= 15 is 0 Å². The molecular weight excluding hydrogens is 490 g/mol. The van der Waals surface area contributed by atoms with Crippen LogP contribution in [0, 0.1) is 5.92 Å². The molecule has 4 atom stereocenters. The molecule has 0 radical (unpaired) electrons. The normalized spacial score (nSPS) is 33.5. The molecule has 0 spiro atoms. The van der Waals surface area contributed by atoms with Crippen molar-refractivity contribution >= 4 is 23.7 Å². The number of nitrogens with two attached hydrogens (primary N) is 1. The number of hydrogen-bond donors (Lipinski definition) is 3. The number of carbonyl (C=O) groups is 3. The minimum atomic E-state index is -1.02. The van der Waals surface area contributed by atoms with Crippen molar-refractivity contribution in [1.82, 2.24) is 15.5 Å². The summed E-state index contributed by atoms with van der Waals surface area (Å²) < 4.78 is 17.4. The fourth-order valence-corrected chi connectivity index (χ4v) is 7.17. The van der Waals surface area contributed by atoms with Gasteiger partial charge in [-0.15, -0.1) is 0 Å². The second-order valence-corrected chi connectivity index (χ2v) is 11.3. The van der Waals surface area contributed by atoms with Crippen molar-refractivity contribution in [3.8, 4) is 0 Å². The largest absolute Gasteiger partial charge is 0.449 e. The maximum atomic E-state index is 14.0. The van der Waals surface area contributed by atoms with E-state index in [0.29, 0.717) is 18.3 Å². The van der Waals surface area contributed by atoms with Gasteiger partial charge < -0.3 is 35.5 Å². The molecule has 0 aromatic carbocycles. The molecule has 0 bridgehead atoms. The molecule has 0 aromatic heterocycles. The number of amides is 1. The number of allylic oxidation sites excluding steroid dienone is 2. The molecule has 3 aliphatic carbocycles. The third-order valence-electron chi connectivity index (χ3n) is 9.00. The number of aliphatic imine (C=N–C) groups is 1. The maximum Gasteiger partial charge on any atom is 0.404 e. The van der Waals surface area contributed by atoms with E-state index in [2.05, 4.69) is 10.6 Å². The fourth-order valence-electron chi connectivity index (χ4n) is 7.17. The number of ketones is 2. The predicted octanol–water partition coefficient (Wildman–Crippen LogP) is 1.63. The molecule has 4 fully saturated rings. The number of amidine groups is 1. The van der Waals surface area contributed by atoms with E-state index in [0.717, 1.165) is 51.4 Å². The summed E-state index contributed by atoms with van der Waals surface area (Å²) in [7, 11) is 1.55. The van der Waals surface area contributed by atoms with E-state index in [1.54, 1.807) is 7.11 Å². The lowest BCUT2D eigenvalue weighted by Gasteiger charge is -2.39. The van der Waals surface area contributed by atoms with E-state index in [-0.39, 0.29) is 47.9 Å².